The van der Waals surface area contributed by atoms with E-state index in [1.165, 1.54) is 0 Å². The fraction of sp³-hybridized carbons (Fsp3) is 0.778. The molecule has 2 nitrogen and oxygen atoms in total. The van der Waals surface area contributed by atoms with Crippen LogP contribution in [0.4, 0.5) is 0 Å². The number of aliphatic hydroxyl groups is 1. The summed E-state index contributed by atoms with van der Waals surface area (Å²) in [4.78, 5) is 0. The highest BCUT2D eigenvalue weighted by atomic mass is 16.5. The SMILES string of the molecule is COC(C)C(O)C=CC(C)C. The van der Waals surface area contributed by atoms with E-state index in [1.807, 2.05) is 13.0 Å². The quantitative estimate of drug-likeness (QED) is 0.630. The van der Waals surface area contributed by atoms with Gasteiger partial charge < -0.3 is 9.84 Å². The van der Waals surface area contributed by atoms with E-state index in [4.69, 9.17) is 4.74 Å². The zero-order valence-corrected chi connectivity index (χ0v) is 7.74. The number of methoxy groups -OCH3 is 1. The Morgan fingerprint density at radius 3 is 2.09 bits per heavy atom. The molecule has 2 heteroatoms. The summed E-state index contributed by atoms with van der Waals surface area (Å²) >= 11 is 0. The first-order valence-electron chi connectivity index (χ1n) is 3.97. The lowest BCUT2D eigenvalue weighted by Crippen LogP contribution is -2.22. The first-order valence-corrected chi connectivity index (χ1v) is 3.97. The van der Waals surface area contributed by atoms with Gasteiger partial charge >= 0.3 is 0 Å². The van der Waals surface area contributed by atoms with Gasteiger partial charge in [-0.05, 0) is 12.8 Å². The third-order valence-corrected chi connectivity index (χ3v) is 1.55. The van der Waals surface area contributed by atoms with Crippen molar-refractivity contribution >= 4 is 0 Å². The molecule has 0 saturated heterocycles. The molecule has 0 aliphatic heterocycles. The maximum atomic E-state index is 9.35. The van der Waals surface area contributed by atoms with Crippen LogP contribution in [-0.4, -0.2) is 24.4 Å². The molecule has 2 atom stereocenters. The number of hydrogen-bond donors (Lipinski definition) is 1. The molecule has 0 aliphatic carbocycles. The Labute approximate surface area is 68.9 Å². The van der Waals surface area contributed by atoms with Gasteiger partial charge in [0.2, 0.25) is 0 Å². The molecular weight excluding hydrogens is 140 g/mol. The molecule has 0 aliphatic rings. The molecule has 0 aromatic heterocycles. The maximum absolute atomic E-state index is 9.35. The predicted molar refractivity (Wildman–Crippen MR) is 46.5 cm³/mol. The number of aliphatic hydroxyl groups excluding tert-OH is 1. The van der Waals surface area contributed by atoms with Crippen LogP contribution in [-0.2, 0) is 4.74 Å². The summed E-state index contributed by atoms with van der Waals surface area (Å²) in [5.74, 6) is 0.480. The van der Waals surface area contributed by atoms with Crippen LogP contribution in [0.25, 0.3) is 0 Å². The number of rotatable bonds is 4. The second kappa shape index (κ2) is 5.33. The van der Waals surface area contributed by atoms with Gasteiger partial charge in [-0.3, -0.25) is 0 Å². The summed E-state index contributed by atoms with van der Waals surface area (Å²) in [5, 5.41) is 9.35. The fourth-order valence-corrected chi connectivity index (χ4v) is 0.632. The minimum atomic E-state index is -0.484. The second-order valence-corrected chi connectivity index (χ2v) is 3.06. The molecule has 0 bridgehead atoms. The van der Waals surface area contributed by atoms with Gasteiger partial charge in [-0.15, -0.1) is 0 Å². The molecular formula is C9H18O2. The summed E-state index contributed by atoms with van der Waals surface area (Å²) in [5.41, 5.74) is 0. The van der Waals surface area contributed by atoms with E-state index in [2.05, 4.69) is 13.8 Å². The molecule has 0 fully saturated rings. The van der Waals surface area contributed by atoms with Gasteiger partial charge in [-0.25, -0.2) is 0 Å². The van der Waals surface area contributed by atoms with E-state index in [0.29, 0.717) is 5.92 Å². The van der Waals surface area contributed by atoms with Crippen molar-refractivity contribution in [2.24, 2.45) is 5.92 Å². The molecule has 0 rings (SSSR count). The lowest BCUT2D eigenvalue weighted by molar-refractivity contribution is 0.0243. The van der Waals surface area contributed by atoms with Crippen molar-refractivity contribution in [3.05, 3.63) is 12.2 Å². The molecule has 0 amide bonds. The lowest BCUT2D eigenvalue weighted by Gasteiger charge is -2.13. The molecule has 1 N–H and O–H groups in total. The fourth-order valence-electron chi connectivity index (χ4n) is 0.632. The van der Waals surface area contributed by atoms with Crippen LogP contribution in [0.2, 0.25) is 0 Å². The van der Waals surface area contributed by atoms with Gasteiger partial charge in [0.1, 0.15) is 0 Å². The highest BCUT2D eigenvalue weighted by molar-refractivity contribution is 4.93. The Morgan fingerprint density at radius 1 is 1.18 bits per heavy atom. The number of allylic oxidation sites excluding steroid dienone is 1. The highest BCUT2D eigenvalue weighted by Gasteiger charge is 2.08. The molecule has 0 radical (unpaired) electrons. The van der Waals surface area contributed by atoms with Crippen LogP contribution in [0, 0.1) is 5.92 Å². The topological polar surface area (TPSA) is 29.5 Å². The van der Waals surface area contributed by atoms with Crippen molar-refractivity contribution in [1.82, 2.24) is 0 Å². The smallest absolute Gasteiger partial charge is 0.0979 e. The molecule has 66 valence electrons. The van der Waals surface area contributed by atoms with E-state index in [-0.39, 0.29) is 6.10 Å². The van der Waals surface area contributed by atoms with Crippen LogP contribution in [0.3, 0.4) is 0 Å². The van der Waals surface area contributed by atoms with Gasteiger partial charge in [-0.2, -0.15) is 0 Å². The predicted octanol–water partition coefficient (Wildman–Crippen LogP) is 1.59. The summed E-state index contributed by atoms with van der Waals surface area (Å²) in [6, 6.07) is 0. The maximum Gasteiger partial charge on any atom is 0.0979 e. The molecule has 0 spiro atoms. The zero-order chi connectivity index (χ0) is 8.85. The van der Waals surface area contributed by atoms with Crippen molar-refractivity contribution < 1.29 is 9.84 Å². The third kappa shape index (κ3) is 4.99. The summed E-state index contributed by atoms with van der Waals surface area (Å²) < 4.78 is 4.94. The molecule has 11 heavy (non-hydrogen) atoms. The minimum absolute atomic E-state index is 0.120. The molecule has 0 aromatic carbocycles. The van der Waals surface area contributed by atoms with E-state index in [1.54, 1.807) is 13.2 Å². The average molecular weight is 158 g/mol. The van der Waals surface area contributed by atoms with Gasteiger partial charge in [-0.1, -0.05) is 26.0 Å². The van der Waals surface area contributed by atoms with Crippen LogP contribution >= 0.6 is 0 Å². The van der Waals surface area contributed by atoms with Crippen molar-refractivity contribution in [2.75, 3.05) is 7.11 Å². The summed E-state index contributed by atoms with van der Waals surface area (Å²) in [6.07, 6.45) is 3.14. The normalized spacial score (nSPS) is 17.6. The standard InChI is InChI=1S/C9H18O2/c1-7(2)5-6-9(10)8(3)11-4/h5-10H,1-4H3. The first-order chi connectivity index (χ1) is 5.07. The Balaban J connectivity index is 3.75. The Kier molecular flexibility index (Phi) is 5.16. The second-order valence-electron chi connectivity index (χ2n) is 3.06. The van der Waals surface area contributed by atoms with Crippen LogP contribution in [0.1, 0.15) is 20.8 Å². The van der Waals surface area contributed by atoms with E-state index >= 15 is 0 Å². The van der Waals surface area contributed by atoms with Crippen LogP contribution in [0.5, 0.6) is 0 Å². The Bertz CT molecular complexity index is 119. The van der Waals surface area contributed by atoms with Gasteiger partial charge in [0.25, 0.3) is 0 Å². The largest absolute Gasteiger partial charge is 0.386 e. The van der Waals surface area contributed by atoms with Gasteiger partial charge in [0, 0.05) is 7.11 Å². The van der Waals surface area contributed by atoms with Crippen molar-refractivity contribution in [2.45, 2.75) is 33.0 Å². The number of hydrogen-bond acceptors (Lipinski definition) is 2. The van der Waals surface area contributed by atoms with Crippen LogP contribution < -0.4 is 0 Å². The van der Waals surface area contributed by atoms with Gasteiger partial charge in [0.15, 0.2) is 0 Å². The lowest BCUT2D eigenvalue weighted by atomic mass is 10.1. The zero-order valence-electron chi connectivity index (χ0n) is 7.74. The molecule has 2 unspecified atom stereocenters. The summed E-state index contributed by atoms with van der Waals surface area (Å²) in [6.45, 7) is 5.98. The van der Waals surface area contributed by atoms with Crippen molar-refractivity contribution in [3.8, 4) is 0 Å². The number of ether oxygens (including phenoxy) is 1. The average Bonchev–Trinajstić information content (AvgIpc) is 1.98. The minimum Gasteiger partial charge on any atom is -0.386 e. The molecule has 0 aromatic rings. The van der Waals surface area contributed by atoms with E-state index in [0.717, 1.165) is 0 Å². The third-order valence-electron chi connectivity index (χ3n) is 1.55. The van der Waals surface area contributed by atoms with Gasteiger partial charge in [0.05, 0.1) is 12.2 Å². The highest BCUT2D eigenvalue weighted by Crippen LogP contribution is 2.01. The van der Waals surface area contributed by atoms with E-state index < -0.39 is 6.10 Å². The first kappa shape index (κ1) is 10.7. The molecule has 0 heterocycles. The van der Waals surface area contributed by atoms with E-state index in [9.17, 15) is 5.11 Å². The summed E-state index contributed by atoms with van der Waals surface area (Å²) in [7, 11) is 1.59. The Hall–Kier alpha value is -0.340. The van der Waals surface area contributed by atoms with Crippen molar-refractivity contribution in [3.63, 3.8) is 0 Å². The molecule has 0 saturated carbocycles. The monoisotopic (exact) mass is 158 g/mol. The van der Waals surface area contributed by atoms with Crippen molar-refractivity contribution in [1.29, 1.82) is 0 Å². The van der Waals surface area contributed by atoms with Crippen LogP contribution in [0.15, 0.2) is 12.2 Å². The Morgan fingerprint density at radius 2 is 1.73 bits per heavy atom.